The van der Waals surface area contributed by atoms with Gasteiger partial charge in [0.15, 0.2) is 5.65 Å². The minimum absolute atomic E-state index is 0.645. The normalized spacial score (nSPS) is 10.8. The van der Waals surface area contributed by atoms with Crippen molar-refractivity contribution in [3.8, 4) is 0 Å². The Morgan fingerprint density at radius 1 is 1.14 bits per heavy atom. The van der Waals surface area contributed by atoms with Crippen molar-refractivity contribution < 1.29 is 0 Å². The molecule has 0 amide bonds. The van der Waals surface area contributed by atoms with Crippen LogP contribution in [0, 0.1) is 0 Å². The maximum absolute atomic E-state index is 4.29. The van der Waals surface area contributed by atoms with Crippen LogP contribution in [-0.2, 0) is 0 Å². The minimum atomic E-state index is 0.645. The third-order valence-corrected chi connectivity index (χ3v) is 3.48. The molecule has 0 saturated heterocycles. The van der Waals surface area contributed by atoms with Gasteiger partial charge in [0.05, 0.1) is 0 Å². The number of hydrogen-bond donors (Lipinski definition) is 1. The van der Waals surface area contributed by atoms with Crippen LogP contribution in [0.3, 0.4) is 0 Å². The van der Waals surface area contributed by atoms with Gasteiger partial charge in [-0.2, -0.15) is 0 Å². The maximum atomic E-state index is 4.29. The number of benzene rings is 1. The molecule has 2 heterocycles. The molecule has 0 atom stereocenters. The summed E-state index contributed by atoms with van der Waals surface area (Å²) in [4.78, 5) is 2.36. The summed E-state index contributed by atoms with van der Waals surface area (Å²) in [7, 11) is 0. The van der Waals surface area contributed by atoms with Gasteiger partial charge in [0.2, 0.25) is 0 Å². The van der Waals surface area contributed by atoms with E-state index >= 15 is 0 Å². The number of rotatable bonds is 7. The Morgan fingerprint density at radius 3 is 2.82 bits per heavy atom. The molecule has 1 aromatic carbocycles. The zero-order valence-electron chi connectivity index (χ0n) is 12.6. The Kier molecular flexibility index (Phi) is 4.43. The SMILES string of the molecule is CCN(CCCNc1ccc2nnnn2n1)c1ccccc1. The molecule has 7 nitrogen and oxygen atoms in total. The number of fused-ring (bicyclic) bond motifs is 1. The van der Waals surface area contributed by atoms with Crippen LogP contribution in [0.1, 0.15) is 13.3 Å². The van der Waals surface area contributed by atoms with Crippen molar-refractivity contribution in [1.29, 1.82) is 0 Å². The summed E-state index contributed by atoms with van der Waals surface area (Å²) in [5.41, 5.74) is 1.91. The molecule has 7 heteroatoms. The van der Waals surface area contributed by atoms with Gasteiger partial charge in [0.25, 0.3) is 0 Å². The predicted octanol–water partition coefficient (Wildman–Crippen LogP) is 1.85. The maximum Gasteiger partial charge on any atom is 0.200 e. The standard InChI is InChI=1S/C15H19N7/c1-2-21(13-7-4-3-5-8-13)12-6-11-16-14-9-10-15-17-19-20-22(15)18-14/h3-5,7-10H,2,6,11-12H2,1H3,(H,16,18). The van der Waals surface area contributed by atoms with E-state index in [1.807, 2.05) is 18.2 Å². The van der Waals surface area contributed by atoms with E-state index in [-0.39, 0.29) is 0 Å². The first-order valence-corrected chi connectivity index (χ1v) is 7.46. The second kappa shape index (κ2) is 6.84. The highest BCUT2D eigenvalue weighted by Gasteiger charge is 2.03. The lowest BCUT2D eigenvalue weighted by Crippen LogP contribution is -2.25. The fourth-order valence-electron chi connectivity index (χ4n) is 2.34. The van der Waals surface area contributed by atoms with Crippen LogP contribution in [0.5, 0.6) is 0 Å². The Hall–Kier alpha value is -2.70. The van der Waals surface area contributed by atoms with E-state index in [0.29, 0.717) is 5.65 Å². The molecule has 0 bridgehead atoms. The molecule has 0 aliphatic heterocycles. The second-order valence-corrected chi connectivity index (χ2v) is 4.94. The number of para-hydroxylation sites is 1. The summed E-state index contributed by atoms with van der Waals surface area (Å²) in [5, 5.41) is 18.8. The van der Waals surface area contributed by atoms with Crippen LogP contribution < -0.4 is 10.2 Å². The lowest BCUT2D eigenvalue weighted by Gasteiger charge is -2.23. The summed E-state index contributed by atoms with van der Waals surface area (Å²) in [5.74, 6) is 0.780. The minimum Gasteiger partial charge on any atom is -0.372 e. The smallest absolute Gasteiger partial charge is 0.200 e. The third-order valence-electron chi connectivity index (χ3n) is 3.48. The van der Waals surface area contributed by atoms with Crippen molar-refractivity contribution in [2.75, 3.05) is 29.9 Å². The van der Waals surface area contributed by atoms with Crippen LogP contribution in [0.15, 0.2) is 42.5 Å². The average Bonchev–Trinajstić information content (AvgIpc) is 3.03. The Morgan fingerprint density at radius 2 is 2.00 bits per heavy atom. The molecule has 0 unspecified atom stereocenters. The first-order chi connectivity index (χ1) is 10.9. The van der Waals surface area contributed by atoms with E-state index in [2.05, 4.69) is 62.0 Å². The van der Waals surface area contributed by atoms with E-state index in [9.17, 15) is 0 Å². The molecule has 114 valence electrons. The van der Waals surface area contributed by atoms with Crippen molar-refractivity contribution in [3.05, 3.63) is 42.5 Å². The number of anilines is 2. The highest BCUT2D eigenvalue weighted by molar-refractivity contribution is 5.46. The average molecular weight is 297 g/mol. The van der Waals surface area contributed by atoms with Gasteiger partial charge in [-0.3, -0.25) is 0 Å². The molecule has 0 spiro atoms. The first kappa shape index (κ1) is 14.2. The highest BCUT2D eigenvalue weighted by atomic mass is 15.6. The molecule has 3 rings (SSSR count). The molecule has 3 aromatic rings. The lowest BCUT2D eigenvalue weighted by atomic mass is 10.2. The number of nitrogens with zero attached hydrogens (tertiary/aromatic N) is 6. The quantitative estimate of drug-likeness (QED) is 0.671. The number of aromatic nitrogens is 5. The van der Waals surface area contributed by atoms with E-state index in [4.69, 9.17) is 0 Å². The van der Waals surface area contributed by atoms with Gasteiger partial charge in [-0.15, -0.1) is 14.8 Å². The van der Waals surface area contributed by atoms with Crippen LogP contribution in [0.4, 0.5) is 11.5 Å². The lowest BCUT2D eigenvalue weighted by molar-refractivity contribution is 0.728. The van der Waals surface area contributed by atoms with Crippen LogP contribution in [0.2, 0.25) is 0 Å². The van der Waals surface area contributed by atoms with Crippen LogP contribution in [0.25, 0.3) is 5.65 Å². The molecule has 0 saturated carbocycles. The van der Waals surface area contributed by atoms with Gasteiger partial charge in [0, 0.05) is 25.3 Å². The fraction of sp³-hybridized carbons (Fsp3) is 0.333. The number of tetrazole rings is 1. The van der Waals surface area contributed by atoms with Gasteiger partial charge in [-0.05, 0) is 48.0 Å². The molecule has 0 aliphatic carbocycles. The zero-order valence-corrected chi connectivity index (χ0v) is 12.6. The first-order valence-electron chi connectivity index (χ1n) is 7.46. The van der Waals surface area contributed by atoms with Gasteiger partial charge >= 0.3 is 0 Å². The van der Waals surface area contributed by atoms with E-state index in [0.717, 1.165) is 31.9 Å². The summed E-state index contributed by atoms with van der Waals surface area (Å²) in [6, 6.07) is 14.2. The van der Waals surface area contributed by atoms with Gasteiger partial charge in [-0.25, -0.2) is 0 Å². The molecule has 0 radical (unpaired) electrons. The van der Waals surface area contributed by atoms with Gasteiger partial charge < -0.3 is 10.2 Å². The fourth-order valence-corrected chi connectivity index (χ4v) is 2.34. The molecule has 2 aromatic heterocycles. The Balaban J connectivity index is 1.50. The second-order valence-electron chi connectivity index (χ2n) is 4.94. The van der Waals surface area contributed by atoms with E-state index in [1.165, 1.54) is 10.3 Å². The predicted molar refractivity (Wildman–Crippen MR) is 86.0 cm³/mol. The van der Waals surface area contributed by atoms with Gasteiger partial charge in [0.1, 0.15) is 5.82 Å². The van der Waals surface area contributed by atoms with E-state index in [1.54, 1.807) is 0 Å². The highest BCUT2D eigenvalue weighted by Crippen LogP contribution is 2.13. The molecular formula is C15H19N7. The van der Waals surface area contributed by atoms with Crippen molar-refractivity contribution in [2.24, 2.45) is 0 Å². The largest absolute Gasteiger partial charge is 0.372 e. The zero-order chi connectivity index (χ0) is 15.2. The summed E-state index contributed by atoms with van der Waals surface area (Å²) >= 11 is 0. The molecule has 0 aliphatic rings. The molecular weight excluding hydrogens is 278 g/mol. The Bertz CT molecular complexity index is 710. The van der Waals surface area contributed by atoms with Crippen molar-refractivity contribution >= 4 is 17.2 Å². The summed E-state index contributed by atoms with van der Waals surface area (Å²) < 4.78 is 1.42. The third kappa shape index (κ3) is 3.30. The van der Waals surface area contributed by atoms with Crippen molar-refractivity contribution in [3.63, 3.8) is 0 Å². The van der Waals surface area contributed by atoms with Crippen molar-refractivity contribution in [1.82, 2.24) is 25.3 Å². The van der Waals surface area contributed by atoms with Crippen LogP contribution in [-0.4, -0.2) is 44.9 Å². The summed E-state index contributed by atoms with van der Waals surface area (Å²) in [6.45, 7) is 5.02. The number of nitrogens with one attached hydrogen (secondary N) is 1. The van der Waals surface area contributed by atoms with E-state index < -0.39 is 0 Å². The molecule has 1 N–H and O–H groups in total. The Labute approximate surface area is 128 Å². The molecule has 22 heavy (non-hydrogen) atoms. The van der Waals surface area contributed by atoms with Crippen LogP contribution >= 0.6 is 0 Å². The van der Waals surface area contributed by atoms with Gasteiger partial charge in [-0.1, -0.05) is 18.2 Å². The summed E-state index contributed by atoms with van der Waals surface area (Å²) in [6.07, 6.45) is 1.03. The molecule has 0 fully saturated rings. The number of hydrogen-bond acceptors (Lipinski definition) is 6. The monoisotopic (exact) mass is 297 g/mol. The van der Waals surface area contributed by atoms with Crippen molar-refractivity contribution in [2.45, 2.75) is 13.3 Å². The topological polar surface area (TPSA) is 71.2 Å².